The van der Waals surface area contributed by atoms with Gasteiger partial charge in [-0.3, -0.25) is 0 Å². The van der Waals surface area contributed by atoms with Gasteiger partial charge in [0, 0.05) is 32.8 Å². The van der Waals surface area contributed by atoms with E-state index in [2.05, 4.69) is 20.5 Å². The minimum absolute atomic E-state index is 0.0342. The monoisotopic (exact) mass is 329 g/mol. The molecule has 0 aliphatic carbocycles. The second-order valence-electron chi connectivity index (χ2n) is 5.25. The van der Waals surface area contributed by atoms with Crippen molar-refractivity contribution in [3.05, 3.63) is 6.20 Å². The fraction of sp³-hybridized carbons (Fsp3) is 0.769. The molecule has 1 N–H and O–H groups in total. The Morgan fingerprint density at radius 2 is 2.32 bits per heavy atom. The molecule has 1 fully saturated rings. The minimum Gasteiger partial charge on any atom is -0.385 e. The summed E-state index contributed by atoms with van der Waals surface area (Å²) < 4.78 is 28.3. The van der Waals surface area contributed by atoms with E-state index in [1.54, 1.807) is 13.3 Å². The highest BCUT2D eigenvalue weighted by molar-refractivity contribution is 7.91. The molecule has 2 rings (SSSR count). The van der Waals surface area contributed by atoms with Crippen LogP contribution in [0.3, 0.4) is 0 Å². The number of aromatic nitrogens is 3. The zero-order valence-corrected chi connectivity index (χ0v) is 13.8. The minimum atomic E-state index is -2.92. The van der Waals surface area contributed by atoms with Crippen molar-refractivity contribution in [3.63, 3.8) is 0 Å². The summed E-state index contributed by atoms with van der Waals surface area (Å²) in [5.74, 6) is 1.54. The van der Waals surface area contributed by atoms with Gasteiger partial charge in [0.05, 0.1) is 17.7 Å². The first kappa shape index (κ1) is 16.9. The third kappa shape index (κ3) is 4.51. The maximum atomic E-state index is 11.7. The van der Waals surface area contributed by atoms with Gasteiger partial charge in [-0.25, -0.2) is 8.42 Å². The fourth-order valence-electron chi connectivity index (χ4n) is 2.55. The largest absolute Gasteiger partial charge is 0.385 e. The molecule has 1 aromatic rings. The molecule has 1 unspecified atom stereocenters. The maximum absolute atomic E-state index is 11.7. The van der Waals surface area contributed by atoms with Crippen molar-refractivity contribution in [1.29, 1.82) is 0 Å². The van der Waals surface area contributed by atoms with Crippen LogP contribution in [0.2, 0.25) is 0 Å². The lowest BCUT2D eigenvalue weighted by Gasteiger charge is -2.27. The molecule has 9 heteroatoms. The smallest absolute Gasteiger partial charge is 0.244 e. The molecule has 1 aliphatic heterocycles. The molecular weight excluding hydrogens is 306 g/mol. The summed E-state index contributed by atoms with van der Waals surface area (Å²) in [7, 11) is -1.26. The van der Waals surface area contributed by atoms with Crippen molar-refractivity contribution < 1.29 is 13.2 Å². The molecule has 1 aliphatic rings. The van der Waals surface area contributed by atoms with E-state index in [1.807, 2.05) is 11.8 Å². The van der Waals surface area contributed by atoms with E-state index in [4.69, 9.17) is 4.74 Å². The van der Waals surface area contributed by atoms with Gasteiger partial charge >= 0.3 is 0 Å². The van der Waals surface area contributed by atoms with Crippen molar-refractivity contribution in [2.24, 2.45) is 0 Å². The Hall–Kier alpha value is -1.48. The zero-order valence-electron chi connectivity index (χ0n) is 13.0. The van der Waals surface area contributed by atoms with Crippen molar-refractivity contribution in [3.8, 4) is 0 Å². The summed E-state index contributed by atoms with van der Waals surface area (Å²) in [5, 5.41) is 11.0. The molecule has 0 bridgehead atoms. The van der Waals surface area contributed by atoms with Crippen LogP contribution < -0.4 is 10.2 Å². The van der Waals surface area contributed by atoms with E-state index in [1.165, 1.54) is 0 Å². The lowest BCUT2D eigenvalue weighted by Crippen LogP contribution is -2.37. The van der Waals surface area contributed by atoms with Crippen molar-refractivity contribution in [2.45, 2.75) is 25.8 Å². The lowest BCUT2D eigenvalue weighted by molar-refractivity contribution is 0.197. The Kier molecular flexibility index (Phi) is 5.90. The molecule has 0 spiro atoms. The van der Waals surface area contributed by atoms with E-state index in [-0.39, 0.29) is 17.5 Å². The highest BCUT2D eigenvalue weighted by Gasteiger charge is 2.32. The molecule has 2 heterocycles. The highest BCUT2D eigenvalue weighted by Crippen LogP contribution is 2.22. The van der Waals surface area contributed by atoms with Gasteiger partial charge in [0.1, 0.15) is 0 Å². The standard InChI is InChI=1S/C13H23N5O3S/c1-3-18(11-5-8-22(19,20)10-11)12-9-15-17-13(16-12)14-6-4-7-21-2/h9,11H,3-8,10H2,1-2H3,(H,14,16,17). The Balaban J connectivity index is 2.03. The van der Waals surface area contributed by atoms with Gasteiger partial charge in [-0.1, -0.05) is 0 Å². The maximum Gasteiger partial charge on any atom is 0.244 e. The number of ether oxygens (including phenoxy) is 1. The Bertz CT molecular complexity index is 581. The number of hydrogen-bond acceptors (Lipinski definition) is 8. The van der Waals surface area contributed by atoms with Crippen LogP contribution in [0.5, 0.6) is 0 Å². The average Bonchev–Trinajstić information content (AvgIpc) is 2.85. The number of nitrogens with zero attached hydrogens (tertiary/aromatic N) is 4. The summed E-state index contributed by atoms with van der Waals surface area (Å²) in [6, 6.07) is -0.0342. The summed E-state index contributed by atoms with van der Waals surface area (Å²) in [5.41, 5.74) is 0. The van der Waals surface area contributed by atoms with E-state index < -0.39 is 9.84 Å². The first-order valence-electron chi connectivity index (χ1n) is 7.45. The topological polar surface area (TPSA) is 97.3 Å². The molecule has 1 aromatic heterocycles. The molecule has 0 aromatic carbocycles. The van der Waals surface area contributed by atoms with Gasteiger partial charge in [0.15, 0.2) is 15.7 Å². The van der Waals surface area contributed by atoms with Crippen LogP contribution in [-0.4, -0.2) is 68.0 Å². The number of sulfone groups is 1. The quantitative estimate of drug-likeness (QED) is 0.682. The van der Waals surface area contributed by atoms with Gasteiger partial charge in [0.2, 0.25) is 5.95 Å². The highest BCUT2D eigenvalue weighted by atomic mass is 32.2. The van der Waals surface area contributed by atoms with Crippen LogP contribution in [0, 0.1) is 0 Å². The Labute approximate surface area is 131 Å². The third-order valence-corrected chi connectivity index (χ3v) is 5.39. The van der Waals surface area contributed by atoms with Crippen molar-refractivity contribution >= 4 is 21.6 Å². The SMILES string of the molecule is CCN(c1cnnc(NCCCOC)n1)C1CCS(=O)(=O)C1. The van der Waals surface area contributed by atoms with E-state index in [9.17, 15) is 8.42 Å². The molecular formula is C13H23N5O3S. The normalized spacial score (nSPS) is 20.0. The number of rotatable bonds is 8. The number of hydrogen-bond donors (Lipinski definition) is 1. The second-order valence-corrected chi connectivity index (χ2v) is 7.48. The van der Waals surface area contributed by atoms with E-state index in [0.717, 1.165) is 6.42 Å². The van der Waals surface area contributed by atoms with Crippen LogP contribution >= 0.6 is 0 Å². The van der Waals surface area contributed by atoms with Crippen LogP contribution in [0.25, 0.3) is 0 Å². The Morgan fingerprint density at radius 1 is 1.50 bits per heavy atom. The van der Waals surface area contributed by atoms with Gasteiger partial charge in [0.25, 0.3) is 0 Å². The predicted octanol–water partition coefficient (Wildman–Crippen LogP) is 0.333. The molecule has 0 amide bonds. The van der Waals surface area contributed by atoms with Gasteiger partial charge in [-0.15, -0.1) is 5.10 Å². The molecule has 124 valence electrons. The number of methoxy groups -OCH3 is 1. The average molecular weight is 329 g/mol. The van der Waals surface area contributed by atoms with Gasteiger partial charge < -0.3 is 15.0 Å². The van der Waals surface area contributed by atoms with Gasteiger partial charge in [-0.05, 0) is 19.8 Å². The van der Waals surface area contributed by atoms with Crippen LogP contribution in [0.4, 0.5) is 11.8 Å². The summed E-state index contributed by atoms with van der Waals surface area (Å²) in [6.45, 7) is 4.03. The zero-order chi connectivity index (χ0) is 16.0. The third-order valence-electron chi connectivity index (χ3n) is 3.64. The second kappa shape index (κ2) is 7.68. The fourth-order valence-corrected chi connectivity index (χ4v) is 4.28. The van der Waals surface area contributed by atoms with Crippen molar-refractivity contribution in [2.75, 3.05) is 48.5 Å². The number of anilines is 2. The molecule has 0 radical (unpaired) electrons. The van der Waals surface area contributed by atoms with Crippen LogP contribution in [0.1, 0.15) is 19.8 Å². The predicted molar refractivity (Wildman–Crippen MR) is 84.9 cm³/mol. The first-order valence-corrected chi connectivity index (χ1v) is 9.27. The molecule has 0 saturated carbocycles. The molecule has 1 saturated heterocycles. The van der Waals surface area contributed by atoms with E-state index in [0.29, 0.717) is 37.9 Å². The summed E-state index contributed by atoms with van der Waals surface area (Å²) >= 11 is 0. The number of nitrogens with one attached hydrogen (secondary N) is 1. The van der Waals surface area contributed by atoms with Crippen molar-refractivity contribution in [1.82, 2.24) is 15.2 Å². The Morgan fingerprint density at radius 3 is 2.95 bits per heavy atom. The summed E-state index contributed by atoms with van der Waals surface area (Å²) in [6.07, 6.45) is 3.06. The lowest BCUT2D eigenvalue weighted by atomic mass is 10.2. The van der Waals surface area contributed by atoms with Crippen LogP contribution in [0.15, 0.2) is 6.20 Å². The van der Waals surface area contributed by atoms with Crippen LogP contribution in [-0.2, 0) is 14.6 Å². The van der Waals surface area contributed by atoms with E-state index >= 15 is 0 Å². The van der Waals surface area contributed by atoms with Gasteiger partial charge in [-0.2, -0.15) is 10.1 Å². The molecule has 8 nitrogen and oxygen atoms in total. The molecule has 22 heavy (non-hydrogen) atoms. The summed E-state index contributed by atoms with van der Waals surface area (Å²) in [4.78, 5) is 6.43. The first-order chi connectivity index (χ1) is 10.6. The molecule has 1 atom stereocenters.